The van der Waals surface area contributed by atoms with Gasteiger partial charge in [0.25, 0.3) is 5.91 Å². The van der Waals surface area contributed by atoms with E-state index in [0.29, 0.717) is 24.0 Å². The van der Waals surface area contributed by atoms with Crippen molar-refractivity contribution in [2.75, 3.05) is 31.6 Å². The molecule has 1 N–H and O–H groups in total. The lowest BCUT2D eigenvalue weighted by Gasteiger charge is -2.32. The summed E-state index contributed by atoms with van der Waals surface area (Å²) >= 11 is 0. The Morgan fingerprint density at radius 2 is 2.11 bits per heavy atom. The number of methoxy groups -OCH3 is 1. The first-order valence-corrected chi connectivity index (χ1v) is 8.70. The van der Waals surface area contributed by atoms with Gasteiger partial charge in [0.05, 0.1) is 7.11 Å². The first-order chi connectivity index (χ1) is 13.1. The van der Waals surface area contributed by atoms with Crippen LogP contribution in [0.3, 0.4) is 0 Å². The topological polar surface area (TPSA) is 91.1 Å². The number of piperidine rings is 1. The minimum Gasteiger partial charge on any atom is -0.494 e. The number of ether oxygens (including phenoxy) is 1. The van der Waals surface area contributed by atoms with Crippen molar-refractivity contribution >= 4 is 11.7 Å². The highest BCUT2D eigenvalue weighted by molar-refractivity contribution is 5.94. The number of rotatable bonds is 5. The molecule has 1 aliphatic rings. The minimum absolute atomic E-state index is 0.111. The summed E-state index contributed by atoms with van der Waals surface area (Å²) < 4.78 is 18.6. The quantitative estimate of drug-likeness (QED) is 0.868. The Bertz CT molecular complexity index is 859. The highest BCUT2D eigenvalue weighted by Gasteiger charge is 2.23. The number of nitriles is 1. The lowest BCUT2D eigenvalue weighted by Crippen LogP contribution is -2.39. The average Bonchev–Trinajstić information content (AvgIpc) is 2.72. The number of aromatic nitrogens is 2. The van der Waals surface area contributed by atoms with E-state index in [-0.39, 0.29) is 17.2 Å². The zero-order valence-corrected chi connectivity index (χ0v) is 15.0. The van der Waals surface area contributed by atoms with Crippen molar-refractivity contribution < 1.29 is 13.9 Å². The van der Waals surface area contributed by atoms with Crippen molar-refractivity contribution in [1.29, 1.82) is 5.26 Å². The van der Waals surface area contributed by atoms with Crippen LogP contribution in [-0.4, -0.2) is 42.6 Å². The number of nitrogens with one attached hydrogen (secondary N) is 1. The van der Waals surface area contributed by atoms with E-state index in [2.05, 4.69) is 21.4 Å². The zero-order chi connectivity index (χ0) is 19.2. The third-order valence-electron chi connectivity index (χ3n) is 4.66. The van der Waals surface area contributed by atoms with Crippen LogP contribution in [0.4, 0.5) is 10.2 Å². The second-order valence-corrected chi connectivity index (χ2v) is 6.33. The molecule has 1 aromatic heterocycles. The van der Waals surface area contributed by atoms with Crippen LogP contribution in [0.2, 0.25) is 0 Å². The molecular weight excluding hydrogens is 349 g/mol. The number of halogens is 1. The van der Waals surface area contributed by atoms with Crippen LogP contribution in [-0.2, 0) is 0 Å². The Morgan fingerprint density at radius 3 is 2.78 bits per heavy atom. The maximum atomic E-state index is 13.7. The molecule has 2 aromatic rings. The van der Waals surface area contributed by atoms with E-state index >= 15 is 0 Å². The Hall–Kier alpha value is -3.21. The fraction of sp³-hybridized carbons (Fsp3) is 0.368. The van der Waals surface area contributed by atoms with Crippen molar-refractivity contribution in [3.05, 3.63) is 47.7 Å². The number of benzene rings is 1. The summed E-state index contributed by atoms with van der Waals surface area (Å²) in [4.78, 5) is 22.6. The summed E-state index contributed by atoms with van der Waals surface area (Å²) in [5.74, 6) is 0.168. The molecule has 27 heavy (non-hydrogen) atoms. The average molecular weight is 369 g/mol. The number of carbonyl (C=O) groups is 1. The fourth-order valence-corrected chi connectivity index (χ4v) is 3.14. The molecule has 2 heterocycles. The van der Waals surface area contributed by atoms with Crippen LogP contribution in [0, 0.1) is 23.1 Å². The molecule has 0 bridgehead atoms. The third-order valence-corrected chi connectivity index (χ3v) is 4.66. The van der Waals surface area contributed by atoms with E-state index in [1.807, 2.05) is 4.90 Å². The van der Waals surface area contributed by atoms with E-state index in [1.165, 1.54) is 31.5 Å². The first-order valence-electron chi connectivity index (χ1n) is 8.70. The van der Waals surface area contributed by atoms with Gasteiger partial charge in [0.2, 0.25) is 0 Å². The molecule has 0 spiro atoms. The number of nitrogens with zero attached hydrogens (tertiary/aromatic N) is 4. The molecule has 140 valence electrons. The van der Waals surface area contributed by atoms with Gasteiger partial charge in [-0.05, 0) is 37.0 Å². The Labute approximate surface area is 156 Å². The van der Waals surface area contributed by atoms with Gasteiger partial charge in [-0.3, -0.25) is 4.79 Å². The number of anilines is 1. The Morgan fingerprint density at radius 1 is 1.37 bits per heavy atom. The lowest BCUT2D eigenvalue weighted by atomic mass is 9.96. The van der Waals surface area contributed by atoms with Crippen LogP contribution in [0.1, 0.15) is 28.9 Å². The predicted molar refractivity (Wildman–Crippen MR) is 97.0 cm³/mol. The van der Waals surface area contributed by atoms with Gasteiger partial charge >= 0.3 is 0 Å². The highest BCUT2D eigenvalue weighted by atomic mass is 19.1. The standard InChI is InChI=1S/C19H20FN5O2/c1-27-17-3-2-14(10-15(17)20)19(26)24-12-13-4-8-25(9-5-13)18-16(11-21)22-6-7-23-18/h2-3,6-7,10,13H,4-5,8-9,12H2,1H3,(H,24,26). The monoisotopic (exact) mass is 369 g/mol. The van der Waals surface area contributed by atoms with Crippen LogP contribution >= 0.6 is 0 Å². The maximum absolute atomic E-state index is 13.7. The van der Waals surface area contributed by atoms with Crippen molar-refractivity contribution in [1.82, 2.24) is 15.3 Å². The van der Waals surface area contributed by atoms with Crippen molar-refractivity contribution in [2.24, 2.45) is 5.92 Å². The molecule has 0 radical (unpaired) electrons. The summed E-state index contributed by atoms with van der Waals surface area (Å²) in [6.07, 6.45) is 4.81. The molecule has 1 aromatic carbocycles. The van der Waals surface area contributed by atoms with E-state index in [1.54, 1.807) is 6.20 Å². The number of hydrogen-bond donors (Lipinski definition) is 1. The van der Waals surface area contributed by atoms with Crippen molar-refractivity contribution in [3.8, 4) is 11.8 Å². The molecule has 7 nitrogen and oxygen atoms in total. The summed E-state index contributed by atoms with van der Waals surface area (Å²) in [6, 6.07) is 6.22. The van der Waals surface area contributed by atoms with Crippen LogP contribution in [0.25, 0.3) is 0 Å². The third kappa shape index (κ3) is 4.31. The van der Waals surface area contributed by atoms with Crippen LogP contribution < -0.4 is 15.0 Å². The predicted octanol–water partition coefficient (Wildman–Crippen LogP) is 2.14. The van der Waals surface area contributed by atoms with Crippen LogP contribution in [0.5, 0.6) is 5.75 Å². The van der Waals surface area contributed by atoms with E-state index < -0.39 is 5.82 Å². The molecule has 1 aliphatic heterocycles. The van der Waals surface area contributed by atoms with E-state index in [9.17, 15) is 9.18 Å². The Kier molecular flexibility index (Phi) is 5.81. The van der Waals surface area contributed by atoms with Gasteiger partial charge in [-0.2, -0.15) is 5.26 Å². The van der Waals surface area contributed by atoms with Gasteiger partial charge in [0, 0.05) is 37.6 Å². The van der Waals surface area contributed by atoms with Gasteiger partial charge in [0.15, 0.2) is 23.1 Å². The molecule has 3 rings (SSSR count). The summed E-state index contributed by atoms with van der Waals surface area (Å²) in [6.45, 7) is 2.00. The molecule has 1 saturated heterocycles. The summed E-state index contributed by atoms with van der Waals surface area (Å²) in [5, 5.41) is 12.0. The van der Waals surface area contributed by atoms with Gasteiger partial charge < -0.3 is 15.0 Å². The number of hydrogen-bond acceptors (Lipinski definition) is 6. The minimum atomic E-state index is -0.560. The summed E-state index contributed by atoms with van der Waals surface area (Å²) in [5.41, 5.74) is 0.592. The van der Waals surface area contributed by atoms with Gasteiger partial charge in [-0.25, -0.2) is 14.4 Å². The largest absolute Gasteiger partial charge is 0.494 e. The Balaban J connectivity index is 1.52. The molecule has 0 saturated carbocycles. The highest BCUT2D eigenvalue weighted by Crippen LogP contribution is 2.23. The zero-order valence-electron chi connectivity index (χ0n) is 15.0. The van der Waals surface area contributed by atoms with E-state index in [4.69, 9.17) is 10.00 Å². The molecule has 8 heteroatoms. The molecule has 0 atom stereocenters. The van der Waals surface area contributed by atoms with E-state index in [0.717, 1.165) is 25.9 Å². The molecule has 0 aliphatic carbocycles. The van der Waals surface area contributed by atoms with Crippen LogP contribution in [0.15, 0.2) is 30.6 Å². The fourth-order valence-electron chi connectivity index (χ4n) is 3.14. The second-order valence-electron chi connectivity index (χ2n) is 6.33. The van der Waals surface area contributed by atoms with Gasteiger partial charge in [0.1, 0.15) is 6.07 Å². The SMILES string of the molecule is COc1ccc(C(=O)NCC2CCN(c3nccnc3C#N)CC2)cc1F. The van der Waals surface area contributed by atoms with Crippen molar-refractivity contribution in [3.63, 3.8) is 0 Å². The van der Waals surface area contributed by atoms with Gasteiger partial charge in [-0.15, -0.1) is 0 Å². The van der Waals surface area contributed by atoms with Gasteiger partial charge in [-0.1, -0.05) is 0 Å². The maximum Gasteiger partial charge on any atom is 0.251 e. The molecule has 1 fully saturated rings. The van der Waals surface area contributed by atoms with Crippen molar-refractivity contribution in [2.45, 2.75) is 12.8 Å². The smallest absolute Gasteiger partial charge is 0.251 e. The molecular formula is C19H20FN5O2. The number of carbonyl (C=O) groups excluding carboxylic acids is 1. The normalized spacial score (nSPS) is 14.5. The summed E-state index contributed by atoms with van der Waals surface area (Å²) in [7, 11) is 1.38. The molecule has 1 amide bonds. The molecule has 0 unspecified atom stereocenters. The second kappa shape index (κ2) is 8.45. The lowest BCUT2D eigenvalue weighted by molar-refractivity contribution is 0.0944. The first kappa shape index (κ1) is 18.6. The number of amides is 1.